The number of aliphatic hydroxyl groups is 1. The van der Waals surface area contributed by atoms with Crippen LogP contribution in [-0.4, -0.2) is 35.2 Å². The number of carboxylic acid groups (broad SMARTS) is 1. The summed E-state index contributed by atoms with van der Waals surface area (Å²) in [5.74, 6) is -1.52. The molecule has 0 bridgehead atoms. The number of carboxylic acids is 1. The minimum absolute atomic E-state index is 0.118. The highest BCUT2D eigenvalue weighted by atomic mass is 16.4. The number of aliphatic carboxylic acids is 1. The van der Waals surface area contributed by atoms with Crippen LogP contribution >= 0.6 is 0 Å². The van der Waals surface area contributed by atoms with Crippen molar-refractivity contribution in [2.75, 3.05) is 13.2 Å². The Hall–Kier alpha value is -1.10. The second-order valence-corrected chi connectivity index (χ2v) is 5.37. The van der Waals surface area contributed by atoms with Crippen LogP contribution < -0.4 is 5.32 Å². The van der Waals surface area contributed by atoms with Gasteiger partial charge in [0.15, 0.2) is 0 Å². The van der Waals surface area contributed by atoms with Crippen molar-refractivity contribution in [3.63, 3.8) is 0 Å². The Labute approximate surface area is 114 Å². The number of aliphatic hydroxyl groups excluding tert-OH is 1. The molecular weight excluding hydrogens is 246 g/mol. The molecule has 3 atom stereocenters. The third kappa shape index (κ3) is 4.82. The van der Waals surface area contributed by atoms with Gasteiger partial charge in [-0.15, -0.1) is 0 Å². The fourth-order valence-electron chi connectivity index (χ4n) is 2.80. The van der Waals surface area contributed by atoms with Crippen molar-refractivity contribution in [1.82, 2.24) is 5.32 Å². The molecule has 1 saturated carbocycles. The maximum absolute atomic E-state index is 12.0. The number of amides is 1. The highest BCUT2D eigenvalue weighted by Gasteiger charge is 2.41. The van der Waals surface area contributed by atoms with Crippen LogP contribution in [0, 0.1) is 17.8 Å². The summed E-state index contributed by atoms with van der Waals surface area (Å²) in [6.07, 6.45) is 4.69. The van der Waals surface area contributed by atoms with Gasteiger partial charge in [-0.1, -0.05) is 13.3 Å². The van der Waals surface area contributed by atoms with Gasteiger partial charge in [0.05, 0.1) is 11.8 Å². The number of carbonyl (C=O) groups is 2. The van der Waals surface area contributed by atoms with Crippen LogP contribution in [0.1, 0.15) is 45.4 Å². The van der Waals surface area contributed by atoms with Crippen LogP contribution in [-0.2, 0) is 9.59 Å². The molecule has 1 aliphatic carbocycles. The zero-order valence-corrected chi connectivity index (χ0v) is 11.6. The van der Waals surface area contributed by atoms with Gasteiger partial charge in [-0.25, -0.2) is 0 Å². The van der Waals surface area contributed by atoms with E-state index < -0.39 is 11.9 Å². The van der Waals surface area contributed by atoms with Crippen molar-refractivity contribution in [3.05, 3.63) is 0 Å². The van der Waals surface area contributed by atoms with Crippen molar-refractivity contribution < 1.29 is 19.8 Å². The van der Waals surface area contributed by atoms with Crippen molar-refractivity contribution in [3.8, 4) is 0 Å². The first-order chi connectivity index (χ1) is 9.10. The molecule has 1 amide bonds. The van der Waals surface area contributed by atoms with E-state index in [0.717, 1.165) is 25.7 Å². The Balaban J connectivity index is 2.39. The summed E-state index contributed by atoms with van der Waals surface area (Å²) in [5, 5.41) is 20.7. The van der Waals surface area contributed by atoms with Crippen molar-refractivity contribution in [1.29, 1.82) is 0 Å². The fraction of sp³-hybridized carbons (Fsp3) is 0.857. The van der Waals surface area contributed by atoms with E-state index in [4.69, 9.17) is 5.11 Å². The number of nitrogens with one attached hydrogen (secondary N) is 1. The fourth-order valence-corrected chi connectivity index (χ4v) is 2.80. The van der Waals surface area contributed by atoms with Gasteiger partial charge in [0.2, 0.25) is 5.91 Å². The number of hydrogen-bond acceptors (Lipinski definition) is 3. The molecule has 19 heavy (non-hydrogen) atoms. The van der Waals surface area contributed by atoms with Crippen molar-refractivity contribution in [2.45, 2.75) is 45.4 Å². The van der Waals surface area contributed by atoms with Crippen LogP contribution in [0.2, 0.25) is 0 Å². The molecule has 0 saturated heterocycles. The molecule has 110 valence electrons. The van der Waals surface area contributed by atoms with E-state index >= 15 is 0 Å². The lowest BCUT2D eigenvalue weighted by Gasteiger charge is -2.15. The average molecular weight is 271 g/mol. The largest absolute Gasteiger partial charge is 0.481 e. The van der Waals surface area contributed by atoms with E-state index in [1.54, 1.807) is 0 Å². The van der Waals surface area contributed by atoms with Gasteiger partial charge in [-0.2, -0.15) is 0 Å². The first-order valence-corrected chi connectivity index (χ1v) is 7.21. The molecular formula is C14H25NO4. The number of rotatable bonds is 8. The van der Waals surface area contributed by atoms with Gasteiger partial charge >= 0.3 is 5.97 Å². The molecule has 1 fully saturated rings. The van der Waals surface area contributed by atoms with E-state index in [0.29, 0.717) is 25.3 Å². The number of unbranched alkanes of at least 4 members (excludes halogenated alkanes) is 2. The molecule has 0 heterocycles. The maximum Gasteiger partial charge on any atom is 0.307 e. The quantitative estimate of drug-likeness (QED) is 0.582. The van der Waals surface area contributed by atoms with E-state index in [9.17, 15) is 14.7 Å². The van der Waals surface area contributed by atoms with E-state index in [1.807, 2.05) is 6.92 Å². The predicted octanol–water partition coefficient (Wildman–Crippen LogP) is 1.40. The highest BCUT2D eigenvalue weighted by Crippen LogP contribution is 2.38. The van der Waals surface area contributed by atoms with Gasteiger partial charge in [0.1, 0.15) is 0 Å². The topological polar surface area (TPSA) is 86.6 Å². The smallest absolute Gasteiger partial charge is 0.307 e. The SMILES string of the molecule is CCC1C[C@H](C(=O)NCCCCCO)[C@H](C(=O)O)C1. The lowest BCUT2D eigenvalue weighted by molar-refractivity contribution is -0.146. The number of carbonyl (C=O) groups excluding carboxylic acids is 1. The molecule has 0 aromatic heterocycles. The van der Waals surface area contributed by atoms with Gasteiger partial charge in [0, 0.05) is 13.2 Å². The van der Waals surface area contributed by atoms with Gasteiger partial charge in [-0.3, -0.25) is 9.59 Å². The van der Waals surface area contributed by atoms with Gasteiger partial charge < -0.3 is 15.5 Å². The summed E-state index contributed by atoms with van der Waals surface area (Å²) in [5.41, 5.74) is 0. The van der Waals surface area contributed by atoms with Gasteiger partial charge in [-0.05, 0) is 38.0 Å². The van der Waals surface area contributed by atoms with Crippen LogP contribution in [0.3, 0.4) is 0 Å². The molecule has 0 spiro atoms. The molecule has 1 aliphatic rings. The molecule has 0 aromatic carbocycles. The Morgan fingerprint density at radius 3 is 2.42 bits per heavy atom. The summed E-state index contributed by atoms with van der Waals surface area (Å²) in [6, 6.07) is 0. The normalized spacial score (nSPS) is 26.3. The second kappa shape index (κ2) is 8.15. The van der Waals surface area contributed by atoms with Crippen molar-refractivity contribution in [2.24, 2.45) is 17.8 Å². The standard InChI is InChI=1S/C14H25NO4/c1-2-10-8-11(12(9-10)14(18)19)13(17)15-6-4-3-5-7-16/h10-12,16H,2-9H2,1H3,(H,15,17)(H,18,19)/t10?,11-,12+/m0/s1. The summed E-state index contributed by atoms with van der Waals surface area (Å²) in [7, 11) is 0. The summed E-state index contributed by atoms with van der Waals surface area (Å²) in [4.78, 5) is 23.2. The van der Waals surface area contributed by atoms with E-state index in [-0.39, 0.29) is 18.4 Å². The third-order valence-corrected chi connectivity index (χ3v) is 4.03. The molecule has 0 radical (unpaired) electrons. The van der Waals surface area contributed by atoms with Gasteiger partial charge in [0.25, 0.3) is 0 Å². The molecule has 5 nitrogen and oxygen atoms in total. The molecule has 3 N–H and O–H groups in total. The molecule has 1 rings (SSSR count). The van der Waals surface area contributed by atoms with Crippen molar-refractivity contribution >= 4 is 11.9 Å². The predicted molar refractivity (Wildman–Crippen MR) is 71.6 cm³/mol. The lowest BCUT2D eigenvalue weighted by atomic mass is 9.95. The Kier molecular flexibility index (Phi) is 6.84. The third-order valence-electron chi connectivity index (χ3n) is 4.03. The minimum Gasteiger partial charge on any atom is -0.481 e. The summed E-state index contributed by atoms with van der Waals surface area (Å²) >= 11 is 0. The average Bonchev–Trinajstić information content (AvgIpc) is 2.82. The Morgan fingerprint density at radius 1 is 1.16 bits per heavy atom. The van der Waals surface area contributed by atoms with Crippen LogP contribution in [0.5, 0.6) is 0 Å². The first-order valence-electron chi connectivity index (χ1n) is 7.21. The summed E-state index contributed by atoms with van der Waals surface area (Å²) in [6.45, 7) is 2.78. The Morgan fingerprint density at radius 2 is 1.84 bits per heavy atom. The zero-order chi connectivity index (χ0) is 14.3. The molecule has 0 aliphatic heterocycles. The Bertz CT molecular complexity index is 306. The monoisotopic (exact) mass is 271 g/mol. The zero-order valence-electron chi connectivity index (χ0n) is 11.6. The van der Waals surface area contributed by atoms with Crippen LogP contribution in [0.4, 0.5) is 0 Å². The second-order valence-electron chi connectivity index (χ2n) is 5.37. The molecule has 5 heteroatoms. The molecule has 1 unspecified atom stereocenters. The summed E-state index contributed by atoms with van der Waals surface area (Å²) < 4.78 is 0. The highest BCUT2D eigenvalue weighted by molar-refractivity contribution is 5.85. The van der Waals surface area contributed by atoms with Crippen LogP contribution in [0.25, 0.3) is 0 Å². The maximum atomic E-state index is 12.0. The molecule has 0 aromatic rings. The lowest BCUT2D eigenvalue weighted by Crippen LogP contribution is -2.35. The van der Waals surface area contributed by atoms with Crippen LogP contribution in [0.15, 0.2) is 0 Å². The number of hydrogen-bond donors (Lipinski definition) is 3. The minimum atomic E-state index is -0.851. The van der Waals surface area contributed by atoms with E-state index in [2.05, 4.69) is 5.32 Å². The first kappa shape index (κ1) is 16.0. The van der Waals surface area contributed by atoms with E-state index in [1.165, 1.54) is 0 Å².